The molecule has 1 saturated heterocycles. The van der Waals surface area contributed by atoms with Crippen LogP contribution in [0.4, 0.5) is 5.69 Å². The molecular formula is C20H22ClN3O3S. The van der Waals surface area contributed by atoms with Gasteiger partial charge in [-0.15, -0.1) is 0 Å². The molecule has 3 heterocycles. The van der Waals surface area contributed by atoms with Gasteiger partial charge in [-0.25, -0.2) is 13.4 Å². The minimum Gasteiger partial charge on any atom is -0.312 e. The maximum absolute atomic E-state index is 13.1. The third-order valence-corrected chi connectivity index (χ3v) is 7.87. The lowest BCUT2D eigenvalue weighted by molar-refractivity contribution is -0.123. The van der Waals surface area contributed by atoms with Gasteiger partial charge in [0, 0.05) is 37.4 Å². The fraction of sp³-hybridized carbons (Fsp3) is 0.400. The number of sulfonamides is 1. The van der Waals surface area contributed by atoms with Crippen molar-refractivity contribution in [1.29, 1.82) is 0 Å². The standard InChI is InChI=1S/C20H22ClN3O3S/c21-19-18(8-3-11-22-19)28(26,27)23-13-9-16(10-14-23)20(25)24-12-4-6-15-5-1-2-7-17(15)24/h1-3,5,7-8,11,16H,4,6,9-10,12-14H2. The van der Waals surface area contributed by atoms with Crippen LogP contribution >= 0.6 is 11.6 Å². The van der Waals surface area contributed by atoms with Gasteiger partial charge in [-0.1, -0.05) is 29.8 Å². The van der Waals surface area contributed by atoms with E-state index in [0.29, 0.717) is 25.9 Å². The van der Waals surface area contributed by atoms with Crippen LogP contribution in [-0.4, -0.2) is 43.2 Å². The second-order valence-corrected chi connectivity index (χ2v) is 9.46. The molecule has 0 spiro atoms. The number of hydrogen-bond donors (Lipinski definition) is 0. The SMILES string of the molecule is O=C(C1CCN(S(=O)(=O)c2cccnc2Cl)CC1)N1CCCc2ccccc21. The van der Waals surface area contributed by atoms with Crippen LogP contribution in [0.15, 0.2) is 47.5 Å². The maximum atomic E-state index is 13.1. The van der Waals surface area contributed by atoms with Gasteiger partial charge in [-0.2, -0.15) is 4.31 Å². The van der Waals surface area contributed by atoms with E-state index in [-0.39, 0.29) is 21.9 Å². The quantitative estimate of drug-likeness (QED) is 0.716. The Morgan fingerprint density at radius 1 is 1.07 bits per heavy atom. The largest absolute Gasteiger partial charge is 0.312 e. The van der Waals surface area contributed by atoms with Gasteiger partial charge in [0.05, 0.1) is 0 Å². The first-order chi connectivity index (χ1) is 13.5. The lowest BCUT2D eigenvalue weighted by atomic mass is 9.94. The van der Waals surface area contributed by atoms with Crippen molar-refractivity contribution in [3.05, 3.63) is 53.3 Å². The highest BCUT2D eigenvalue weighted by atomic mass is 35.5. The molecule has 1 amide bonds. The van der Waals surface area contributed by atoms with Gasteiger partial charge in [0.2, 0.25) is 15.9 Å². The lowest BCUT2D eigenvalue weighted by Crippen LogP contribution is -2.45. The van der Waals surface area contributed by atoms with Crippen LogP contribution in [0.2, 0.25) is 5.15 Å². The molecule has 2 aliphatic heterocycles. The molecule has 1 fully saturated rings. The molecule has 8 heteroatoms. The number of rotatable bonds is 3. The highest BCUT2D eigenvalue weighted by molar-refractivity contribution is 7.89. The Morgan fingerprint density at radius 3 is 2.57 bits per heavy atom. The van der Waals surface area contributed by atoms with Crippen molar-refractivity contribution in [2.45, 2.75) is 30.6 Å². The molecular weight excluding hydrogens is 398 g/mol. The molecule has 0 bridgehead atoms. The predicted octanol–water partition coefficient (Wildman–Crippen LogP) is 3.12. The van der Waals surface area contributed by atoms with Crippen molar-refractivity contribution in [3.63, 3.8) is 0 Å². The molecule has 148 valence electrons. The van der Waals surface area contributed by atoms with E-state index in [1.165, 1.54) is 22.1 Å². The van der Waals surface area contributed by atoms with E-state index < -0.39 is 10.0 Å². The Labute approximate surface area is 170 Å². The molecule has 1 aromatic carbocycles. The summed E-state index contributed by atoms with van der Waals surface area (Å²) in [6.07, 6.45) is 4.42. The highest BCUT2D eigenvalue weighted by Crippen LogP contribution is 2.32. The Morgan fingerprint density at radius 2 is 1.82 bits per heavy atom. The number of carbonyl (C=O) groups excluding carboxylic acids is 1. The van der Waals surface area contributed by atoms with Gasteiger partial charge in [0.15, 0.2) is 0 Å². The van der Waals surface area contributed by atoms with E-state index >= 15 is 0 Å². The zero-order chi connectivity index (χ0) is 19.7. The topological polar surface area (TPSA) is 70.6 Å². The number of aryl methyl sites for hydroxylation is 1. The van der Waals surface area contributed by atoms with Crippen LogP contribution in [0.1, 0.15) is 24.8 Å². The van der Waals surface area contributed by atoms with Crippen LogP contribution < -0.4 is 4.90 Å². The molecule has 2 aliphatic rings. The minimum atomic E-state index is -3.70. The second-order valence-electron chi connectivity index (χ2n) is 7.19. The third-order valence-electron chi connectivity index (χ3n) is 5.52. The van der Waals surface area contributed by atoms with E-state index in [1.54, 1.807) is 6.07 Å². The molecule has 6 nitrogen and oxygen atoms in total. The molecule has 0 atom stereocenters. The van der Waals surface area contributed by atoms with Gasteiger partial charge in [0.25, 0.3) is 0 Å². The fourth-order valence-corrected chi connectivity index (χ4v) is 5.93. The first-order valence-electron chi connectivity index (χ1n) is 9.48. The smallest absolute Gasteiger partial charge is 0.246 e. The molecule has 4 rings (SSSR count). The summed E-state index contributed by atoms with van der Waals surface area (Å²) in [4.78, 5) is 18.9. The van der Waals surface area contributed by atoms with E-state index in [2.05, 4.69) is 11.1 Å². The van der Waals surface area contributed by atoms with Gasteiger partial charge in [0.1, 0.15) is 10.0 Å². The molecule has 28 heavy (non-hydrogen) atoms. The molecule has 0 aliphatic carbocycles. The van der Waals surface area contributed by atoms with Crippen molar-refractivity contribution in [2.75, 3.05) is 24.5 Å². The van der Waals surface area contributed by atoms with Gasteiger partial charge >= 0.3 is 0 Å². The Bertz CT molecular complexity index is 988. The number of piperidine rings is 1. The number of nitrogens with zero attached hydrogens (tertiary/aromatic N) is 3. The number of hydrogen-bond acceptors (Lipinski definition) is 4. The number of para-hydroxylation sites is 1. The van der Waals surface area contributed by atoms with Crippen molar-refractivity contribution in [3.8, 4) is 0 Å². The number of benzene rings is 1. The highest BCUT2D eigenvalue weighted by Gasteiger charge is 2.36. The number of aromatic nitrogens is 1. The lowest BCUT2D eigenvalue weighted by Gasteiger charge is -2.36. The predicted molar refractivity (Wildman–Crippen MR) is 108 cm³/mol. The van der Waals surface area contributed by atoms with Crippen molar-refractivity contribution >= 4 is 33.2 Å². The van der Waals surface area contributed by atoms with Crippen molar-refractivity contribution in [2.24, 2.45) is 5.92 Å². The summed E-state index contributed by atoms with van der Waals surface area (Å²) in [5.41, 5.74) is 2.20. The molecule has 0 radical (unpaired) electrons. The van der Waals surface area contributed by atoms with Gasteiger partial charge in [-0.05, 0) is 49.4 Å². The zero-order valence-corrected chi connectivity index (χ0v) is 17.0. The van der Waals surface area contributed by atoms with Gasteiger partial charge in [-0.3, -0.25) is 4.79 Å². The van der Waals surface area contributed by atoms with Crippen LogP contribution in [0.5, 0.6) is 0 Å². The summed E-state index contributed by atoms with van der Waals surface area (Å²) in [5, 5.41) is -0.0226. The summed E-state index contributed by atoms with van der Waals surface area (Å²) in [5.74, 6) is -0.0643. The minimum absolute atomic E-state index is 0.0198. The average Bonchev–Trinajstić information content (AvgIpc) is 2.73. The Balaban J connectivity index is 1.46. The third kappa shape index (κ3) is 3.54. The monoisotopic (exact) mass is 419 g/mol. The van der Waals surface area contributed by atoms with Crippen LogP contribution in [0.25, 0.3) is 0 Å². The van der Waals surface area contributed by atoms with E-state index in [0.717, 1.165) is 25.1 Å². The van der Waals surface area contributed by atoms with Crippen molar-refractivity contribution in [1.82, 2.24) is 9.29 Å². The van der Waals surface area contributed by atoms with Crippen molar-refractivity contribution < 1.29 is 13.2 Å². The summed E-state index contributed by atoms with van der Waals surface area (Å²) < 4.78 is 27.1. The van der Waals surface area contributed by atoms with E-state index in [9.17, 15) is 13.2 Å². The summed E-state index contributed by atoms with van der Waals surface area (Å²) in [6.45, 7) is 1.33. The average molecular weight is 420 g/mol. The summed E-state index contributed by atoms with van der Waals surface area (Å²) in [7, 11) is -3.70. The molecule has 0 saturated carbocycles. The molecule has 0 N–H and O–H groups in total. The van der Waals surface area contributed by atoms with E-state index in [1.807, 2.05) is 23.1 Å². The Hall–Kier alpha value is -1.96. The summed E-state index contributed by atoms with van der Waals surface area (Å²) in [6, 6.07) is 11.0. The van der Waals surface area contributed by atoms with Crippen LogP contribution in [-0.2, 0) is 21.2 Å². The number of amides is 1. The van der Waals surface area contributed by atoms with Crippen LogP contribution in [0.3, 0.4) is 0 Å². The van der Waals surface area contributed by atoms with Gasteiger partial charge < -0.3 is 4.90 Å². The fourth-order valence-electron chi connectivity index (χ4n) is 4.03. The zero-order valence-electron chi connectivity index (χ0n) is 15.4. The first-order valence-corrected chi connectivity index (χ1v) is 11.3. The second kappa shape index (κ2) is 7.81. The number of fused-ring (bicyclic) bond motifs is 1. The number of halogens is 1. The first kappa shape index (κ1) is 19.4. The molecule has 2 aromatic rings. The normalized spacial score (nSPS) is 18.7. The maximum Gasteiger partial charge on any atom is 0.246 e. The molecule has 1 aromatic heterocycles. The number of pyridine rings is 1. The molecule has 0 unspecified atom stereocenters. The number of carbonyl (C=O) groups is 1. The summed E-state index contributed by atoms with van der Waals surface area (Å²) >= 11 is 5.98. The van der Waals surface area contributed by atoms with E-state index in [4.69, 9.17) is 11.6 Å². The van der Waals surface area contributed by atoms with Crippen LogP contribution in [0, 0.1) is 5.92 Å². The number of anilines is 1. The Kier molecular flexibility index (Phi) is 5.40.